The molecule has 5 heterocycles. The molecule has 1 aromatic carbocycles. The van der Waals surface area contributed by atoms with Crippen molar-refractivity contribution < 1.29 is 82.3 Å². The number of nitrogens with zero attached hydrogens (tertiary/aromatic N) is 6. The number of fused-ring (bicyclic) bond motifs is 5. The molecular formula is C38H40N6O22. The van der Waals surface area contributed by atoms with E-state index in [1.54, 1.807) is 17.6 Å². The fourth-order valence-corrected chi connectivity index (χ4v) is 6.97. The molecule has 0 radical (unpaired) electrons. The smallest absolute Gasteiger partial charge is 0.343 e. The molecule has 3 aromatic rings. The number of cyclic esters (lactones) is 1. The lowest BCUT2D eigenvalue weighted by Gasteiger charge is -2.42. The molecule has 6 unspecified atom stereocenters. The lowest BCUT2D eigenvalue weighted by Crippen LogP contribution is -2.62. The van der Waals surface area contributed by atoms with Gasteiger partial charge in [-0.25, -0.2) is 9.78 Å². The van der Waals surface area contributed by atoms with Crippen molar-refractivity contribution in [3.05, 3.63) is 104 Å². The third kappa shape index (κ3) is 11.9. The molecule has 354 valence electrons. The summed E-state index contributed by atoms with van der Waals surface area (Å²) in [4.78, 5) is 117. The van der Waals surface area contributed by atoms with E-state index < -0.39 is 144 Å². The second-order valence-electron chi connectivity index (χ2n) is 14.6. The van der Waals surface area contributed by atoms with Crippen LogP contribution in [0.15, 0.2) is 41.2 Å². The summed E-state index contributed by atoms with van der Waals surface area (Å²) in [6.07, 6.45) is -13.0. The van der Waals surface area contributed by atoms with Crippen LogP contribution in [-0.4, -0.2) is 133 Å². The van der Waals surface area contributed by atoms with Crippen molar-refractivity contribution in [1.82, 2.24) is 9.55 Å². The monoisotopic (exact) mass is 932 g/mol. The van der Waals surface area contributed by atoms with Gasteiger partial charge in [-0.05, 0) is 24.6 Å². The Labute approximate surface area is 368 Å². The molecule has 1 saturated heterocycles. The van der Waals surface area contributed by atoms with Crippen LogP contribution in [0.2, 0.25) is 0 Å². The molecule has 0 bridgehead atoms. The summed E-state index contributed by atoms with van der Waals surface area (Å²) in [5.41, 5.74) is 1.81. The molecule has 6 atom stereocenters. The van der Waals surface area contributed by atoms with Crippen LogP contribution in [-0.2, 0) is 71.1 Å². The van der Waals surface area contributed by atoms with Crippen LogP contribution in [0.1, 0.15) is 55.7 Å². The van der Waals surface area contributed by atoms with Crippen molar-refractivity contribution in [2.24, 2.45) is 0 Å². The van der Waals surface area contributed by atoms with Gasteiger partial charge in [-0.1, -0.05) is 25.1 Å². The van der Waals surface area contributed by atoms with Gasteiger partial charge < -0.3 is 43.2 Å². The van der Waals surface area contributed by atoms with Gasteiger partial charge in [0.2, 0.25) is 26.2 Å². The first-order valence-corrected chi connectivity index (χ1v) is 19.8. The molecular weight excluding hydrogens is 892 g/mol. The Bertz CT molecular complexity index is 2490. The minimum Gasteiger partial charge on any atom is -0.463 e. The number of aliphatic hydroxyl groups excluding tert-OH is 1. The number of ether oxygens (including phenoxy) is 6. The molecule has 28 nitrogen and oxygen atoms in total. The molecule has 1 fully saturated rings. The van der Waals surface area contributed by atoms with E-state index in [0.29, 0.717) is 23.4 Å². The van der Waals surface area contributed by atoms with Crippen LogP contribution in [0.4, 0.5) is 0 Å². The number of hydrogen-bond donors (Lipinski definition) is 2. The van der Waals surface area contributed by atoms with Gasteiger partial charge >= 0.3 is 29.8 Å². The second-order valence-corrected chi connectivity index (χ2v) is 14.6. The molecule has 2 aromatic heterocycles. The molecule has 66 heavy (non-hydrogen) atoms. The third-order valence-electron chi connectivity index (χ3n) is 10.2. The van der Waals surface area contributed by atoms with Gasteiger partial charge in [0.05, 0.1) is 29.0 Å². The Morgan fingerprint density at radius 2 is 1.33 bits per heavy atom. The van der Waals surface area contributed by atoms with E-state index in [0.717, 1.165) is 22.2 Å². The zero-order valence-corrected chi connectivity index (χ0v) is 34.6. The van der Waals surface area contributed by atoms with E-state index in [1.165, 1.54) is 0 Å². The first-order chi connectivity index (χ1) is 31.2. The van der Waals surface area contributed by atoms with Crippen molar-refractivity contribution in [1.29, 1.82) is 0 Å². The van der Waals surface area contributed by atoms with Gasteiger partial charge in [0.15, 0.2) is 30.2 Å². The third-order valence-corrected chi connectivity index (χ3v) is 10.2. The average molecular weight is 933 g/mol. The van der Waals surface area contributed by atoms with Gasteiger partial charge in [-0.2, -0.15) is 0 Å². The van der Waals surface area contributed by atoms with Crippen molar-refractivity contribution in [2.45, 2.75) is 88.5 Å². The number of aliphatic hydroxyl groups is 2. The maximum Gasteiger partial charge on any atom is 0.343 e. The molecule has 2 N–H and O–H groups in total. The summed E-state index contributed by atoms with van der Waals surface area (Å²) in [6, 6.07) is 11.6. The number of rotatable bonds is 18. The first-order valence-electron chi connectivity index (χ1n) is 19.8. The summed E-state index contributed by atoms with van der Waals surface area (Å²) >= 11 is 0. The van der Waals surface area contributed by atoms with E-state index in [4.69, 9.17) is 33.4 Å². The van der Waals surface area contributed by atoms with Crippen LogP contribution in [0.5, 0.6) is 0 Å². The van der Waals surface area contributed by atoms with Crippen molar-refractivity contribution in [3.8, 4) is 11.4 Å². The highest BCUT2D eigenvalue weighted by atomic mass is 16.7. The van der Waals surface area contributed by atoms with Gasteiger partial charge in [0.25, 0.3) is 5.56 Å². The van der Waals surface area contributed by atoms with Crippen molar-refractivity contribution in [3.63, 3.8) is 0 Å². The fraction of sp³-hybridized carbons (Fsp3) is 0.500. The lowest BCUT2D eigenvalue weighted by atomic mass is 9.86. The summed E-state index contributed by atoms with van der Waals surface area (Å²) in [5, 5.41) is 64.5. The predicted molar refractivity (Wildman–Crippen MR) is 212 cm³/mol. The molecule has 0 amide bonds. The number of hydrogen-bond acceptors (Lipinski definition) is 23. The van der Waals surface area contributed by atoms with E-state index >= 15 is 0 Å². The van der Waals surface area contributed by atoms with Crippen LogP contribution in [0.3, 0.4) is 0 Å². The van der Waals surface area contributed by atoms with E-state index in [1.807, 2.05) is 30.3 Å². The number of carbonyl (C=O) groups excluding carboxylic acids is 5. The number of nitro groups is 4. The number of aromatic nitrogens is 2. The standard InChI is InChI=1S/C20H16N2O4.C18H24N4O18/c1-2-20(25)14-8-16-17-12(7-11-5-3-4-6-15(11)21-17)9-22(16)18(23)13(14)10-26-19(20)24;23-11(1-5-19(28)29)36-9-10-15(38-12(24)2-6-20(30)31)16(39-13(25)3-7-21(32)33)17(18(27)37-10)40-14(26)4-8-22(34)35/h3-8,25H,2,9-10H2,1H3;10,15-18,27H,1-9H2. The van der Waals surface area contributed by atoms with Crippen molar-refractivity contribution >= 4 is 40.7 Å². The summed E-state index contributed by atoms with van der Waals surface area (Å²) in [7, 11) is 0. The SMILES string of the molecule is CCC1(O)C(=O)OCc2c1cc1n(c2=O)Cc2cc3ccccc3nc2-1.O=C(CC[N+](=O)[O-])OCC1OC(O)C(OC(=O)CC[N+](=O)[O-])C(OC(=O)CC[N+](=O)[O-])C1OC(=O)CC[N+](=O)[O-]. The highest BCUT2D eigenvalue weighted by molar-refractivity contribution is 5.86. The minimum atomic E-state index is -2.22. The number of carbonyl (C=O) groups is 5. The molecule has 0 saturated carbocycles. The topological polar surface area (TPSA) is 389 Å². The Kier molecular flexibility index (Phi) is 16.0. The average Bonchev–Trinajstić information content (AvgIpc) is 3.63. The normalized spacial score (nSPS) is 21.3. The Morgan fingerprint density at radius 1 is 0.803 bits per heavy atom. The number of para-hydroxylation sites is 1. The summed E-state index contributed by atoms with van der Waals surface area (Å²) in [6.45, 7) is -2.45. The van der Waals surface area contributed by atoms with Gasteiger partial charge in [-0.15, -0.1) is 0 Å². The molecule has 3 aliphatic rings. The second kappa shape index (κ2) is 21.4. The lowest BCUT2D eigenvalue weighted by molar-refractivity contribution is -0.479. The Hall–Kier alpha value is -7.59. The van der Waals surface area contributed by atoms with Crippen LogP contribution in [0, 0.1) is 40.5 Å². The van der Waals surface area contributed by atoms with Gasteiger partial charge in [0.1, 0.15) is 45.0 Å². The van der Waals surface area contributed by atoms with E-state index in [-0.39, 0.29) is 18.6 Å². The molecule has 6 rings (SSSR count). The Morgan fingerprint density at radius 3 is 1.89 bits per heavy atom. The van der Waals surface area contributed by atoms with E-state index in [2.05, 4.69) is 0 Å². The summed E-state index contributed by atoms with van der Waals surface area (Å²) in [5.74, 6) is -5.77. The predicted octanol–water partition coefficient (Wildman–Crippen LogP) is -0.271. The maximum atomic E-state index is 13.0. The molecule has 28 heteroatoms. The minimum absolute atomic E-state index is 0.110. The van der Waals surface area contributed by atoms with Crippen molar-refractivity contribution in [2.75, 3.05) is 32.8 Å². The zero-order valence-electron chi connectivity index (χ0n) is 34.6. The zero-order chi connectivity index (χ0) is 48.5. The highest BCUT2D eigenvalue weighted by Crippen LogP contribution is 2.38. The largest absolute Gasteiger partial charge is 0.463 e. The Balaban J connectivity index is 0.000000267. The number of benzene rings is 1. The fourth-order valence-electron chi connectivity index (χ4n) is 6.97. The number of esters is 5. The van der Waals surface area contributed by atoms with Crippen LogP contribution < -0.4 is 5.56 Å². The van der Waals surface area contributed by atoms with Gasteiger partial charge in [-0.3, -0.25) is 64.4 Å². The highest BCUT2D eigenvalue weighted by Gasteiger charge is 2.53. The van der Waals surface area contributed by atoms with E-state index in [9.17, 15) is 79.4 Å². The number of pyridine rings is 2. The van der Waals surface area contributed by atoms with Gasteiger partial charge in [0, 0.05) is 36.2 Å². The molecule has 3 aliphatic heterocycles. The summed E-state index contributed by atoms with van der Waals surface area (Å²) < 4.78 is 31.8. The van der Waals surface area contributed by atoms with Crippen LogP contribution >= 0.6 is 0 Å². The quantitative estimate of drug-likeness (QED) is 0.0561. The molecule has 0 aliphatic carbocycles. The first kappa shape index (κ1) is 49.4. The maximum absolute atomic E-state index is 13.0. The molecule has 0 spiro atoms. The van der Waals surface area contributed by atoms with Crippen LogP contribution in [0.25, 0.3) is 22.3 Å².